The third kappa shape index (κ3) is 4.48. The number of hydrogen-bond donors (Lipinski definition) is 3. The van der Waals surface area contributed by atoms with Crippen molar-refractivity contribution in [1.29, 1.82) is 0 Å². The zero-order valence-corrected chi connectivity index (χ0v) is 14.8. The number of nitrogens with two attached hydrogens (primary N) is 1. The first kappa shape index (κ1) is 19.2. The van der Waals surface area contributed by atoms with Gasteiger partial charge in [-0.05, 0) is 43.5 Å². The Balaban J connectivity index is 1.88. The second-order valence-corrected chi connectivity index (χ2v) is 6.53. The molecule has 25 heavy (non-hydrogen) atoms. The van der Waals surface area contributed by atoms with Crippen LogP contribution in [0.4, 0.5) is 14.9 Å². The van der Waals surface area contributed by atoms with Gasteiger partial charge in [0.1, 0.15) is 5.82 Å². The lowest BCUT2D eigenvalue weighted by atomic mass is 9.81. The summed E-state index contributed by atoms with van der Waals surface area (Å²) in [6.45, 7) is 5.39. The predicted molar refractivity (Wildman–Crippen MR) is 95.6 cm³/mol. The lowest BCUT2D eigenvalue weighted by molar-refractivity contribution is -0.141. The van der Waals surface area contributed by atoms with E-state index in [4.69, 9.17) is 5.73 Å². The Hall–Kier alpha value is -2.15. The van der Waals surface area contributed by atoms with E-state index in [-0.39, 0.29) is 23.8 Å². The zero-order chi connectivity index (χ0) is 18.4. The second kappa shape index (κ2) is 8.29. The topological polar surface area (TPSA) is 87.5 Å². The molecule has 7 heteroatoms. The number of urea groups is 1. The third-order valence-corrected chi connectivity index (χ3v) is 5.11. The maximum Gasteiger partial charge on any atom is 0.319 e. The number of carbonyl (C=O) groups is 2. The number of nitrogens with zero attached hydrogens (tertiary/aromatic N) is 1. The third-order valence-electron chi connectivity index (χ3n) is 5.11. The molecule has 1 aliphatic heterocycles. The van der Waals surface area contributed by atoms with E-state index in [2.05, 4.69) is 10.6 Å². The van der Waals surface area contributed by atoms with Crippen LogP contribution in [0, 0.1) is 11.2 Å². The molecule has 0 aliphatic carbocycles. The summed E-state index contributed by atoms with van der Waals surface area (Å²) in [5.41, 5.74) is 5.86. The minimum absolute atomic E-state index is 0.0724. The van der Waals surface area contributed by atoms with E-state index in [0.717, 1.165) is 0 Å². The molecule has 4 N–H and O–H groups in total. The lowest BCUT2D eigenvalue weighted by Gasteiger charge is -2.33. The van der Waals surface area contributed by atoms with E-state index >= 15 is 0 Å². The fourth-order valence-corrected chi connectivity index (χ4v) is 3.21. The summed E-state index contributed by atoms with van der Waals surface area (Å²) in [5.74, 6) is -0.283. The molecule has 1 aromatic carbocycles. The Bertz CT molecular complexity index is 593. The van der Waals surface area contributed by atoms with Gasteiger partial charge < -0.3 is 21.3 Å². The van der Waals surface area contributed by atoms with E-state index < -0.39 is 5.41 Å². The van der Waals surface area contributed by atoms with Gasteiger partial charge in [-0.3, -0.25) is 4.79 Å². The molecule has 1 atom stereocenters. The molecular weight excluding hydrogens is 323 g/mol. The van der Waals surface area contributed by atoms with Crippen molar-refractivity contribution in [2.45, 2.75) is 39.2 Å². The Morgan fingerprint density at radius 2 is 1.92 bits per heavy atom. The number of hydrogen-bond acceptors (Lipinski definition) is 3. The fraction of sp³-hybridized carbons (Fsp3) is 0.556. The summed E-state index contributed by atoms with van der Waals surface area (Å²) in [4.78, 5) is 26.6. The molecule has 0 bridgehead atoms. The molecule has 0 aromatic heterocycles. The van der Waals surface area contributed by atoms with Crippen molar-refractivity contribution in [2.75, 3.05) is 25.0 Å². The average Bonchev–Trinajstić information content (AvgIpc) is 3.07. The van der Waals surface area contributed by atoms with Gasteiger partial charge in [-0.25, -0.2) is 9.18 Å². The van der Waals surface area contributed by atoms with Gasteiger partial charge in [0.25, 0.3) is 0 Å². The van der Waals surface area contributed by atoms with Gasteiger partial charge in [0.15, 0.2) is 0 Å². The summed E-state index contributed by atoms with van der Waals surface area (Å²) in [7, 11) is 0. The molecule has 1 unspecified atom stereocenters. The molecule has 0 spiro atoms. The van der Waals surface area contributed by atoms with E-state index in [1.54, 1.807) is 4.90 Å². The van der Waals surface area contributed by atoms with E-state index in [1.807, 2.05) is 13.8 Å². The van der Waals surface area contributed by atoms with E-state index in [9.17, 15) is 14.0 Å². The number of anilines is 1. The Kier molecular flexibility index (Phi) is 6.36. The lowest BCUT2D eigenvalue weighted by Crippen LogP contribution is -2.48. The van der Waals surface area contributed by atoms with Crippen molar-refractivity contribution in [3.05, 3.63) is 30.1 Å². The van der Waals surface area contributed by atoms with Crippen LogP contribution in [0.15, 0.2) is 24.3 Å². The van der Waals surface area contributed by atoms with Crippen LogP contribution in [0.2, 0.25) is 0 Å². The number of amides is 3. The molecule has 1 fully saturated rings. The fourth-order valence-electron chi connectivity index (χ4n) is 3.21. The van der Waals surface area contributed by atoms with Gasteiger partial charge in [-0.1, -0.05) is 13.8 Å². The quantitative estimate of drug-likeness (QED) is 0.736. The SMILES string of the molecule is CCC(CC)(CN)C(=O)N1CCC(NC(=O)Nc2ccc(F)cc2)C1. The Labute approximate surface area is 147 Å². The minimum Gasteiger partial charge on any atom is -0.340 e. The molecule has 0 radical (unpaired) electrons. The first-order valence-corrected chi connectivity index (χ1v) is 8.76. The largest absolute Gasteiger partial charge is 0.340 e. The van der Waals surface area contributed by atoms with Crippen molar-refractivity contribution >= 4 is 17.6 Å². The van der Waals surface area contributed by atoms with Crippen molar-refractivity contribution in [3.8, 4) is 0 Å². The number of nitrogens with one attached hydrogen (secondary N) is 2. The molecule has 1 saturated heterocycles. The number of benzene rings is 1. The standard InChI is InChI=1S/C18H27FN4O2/c1-3-18(4-2,12-20)16(24)23-10-9-15(11-23)22-17(25)21-14-7-5-13(19)6-8-14/h5-8,15H,3-4,9-12,20H2,1-2H3,(H2,21,22,25). The maximum absolute atomic E-state index is 12.9. The molecule has 1 aromatic rings. The number of rotatable bonds is 6. The first-order chi connectivity index (χ1) is 11.9. The van der Waals surface area contributed by atoms with E-state index in [1.165, 1.54) is 24.3 Å². The second-order valence-electron chi connectivity index (χ2n) is 6.53. The summed E-state index contributed by atoms with van der Waals surface area (Å²) in [6, 6.07) is 5.10. The van der Waals surface area contributed by atoms with Gasteiger partial charge in [0, 0.05) is 31.4 Å². The molecule has 0 saturated carbocycles. The Morgan fingerprint density at radius 1 is 1.28 bits per heavy atom. The summed E-state index contributed by atoms with van der Waals surface area (Å²) in [5, 5.41) is 5.53. The highest BCUT2D eigenvalue weighted by Crippen LogP contribution is 2.29. The van der Waals surface area contributed by atoms with Crippen LogP contribution >= 0.6 is 0 Å². The van der Waals surface area contributed by atoms with Crippen LogP contribution < -0.4 is 16.4 Å². The predicted octanol–water partition coefficient (Wildman–Crippen LogP) is 2.31. The Morgan fingerprint density at radius 3 is 2.48 bits per heavy atom. The van der Waals surface area contributed by atoms with Crippen LogP contribution in [0.1, 0.15) is 33.1 Å². The van der Waals surface area contributed by atoms with Crippen LogP contribution in [0.5, 0.6) is 0 Å². The highest BCUT2D eigenvalue weighted by molar-refractivity contribution is 5.89. The average molecular weight is 350 g/mol. The van der Waals surface area contributed by atoms with Gasteiger partial charge >= 0.3 is 6.03 Å². The molecular formula is C18H27FN4O2. The van der Waals surface area contributed by atoms with Gasteiger partial charge in [-0.15, -0.1) is 0 Å². The first-order valence-electron chi connectivity index (χ1n) is 8.76. The summed E-state index contributed by atoms with van der Waals surface area (Å²) < 4.78 is 12.9. The summed E-state index contributed by atoms with van der Waals surface area (Å²) >= 11 is 0. The minimum atomic E-state index is -0.509. The van der Waals surface area contributed by atoms with Crippen LogP contribution in [0.25, 0.3) is 0 Å². The normalized spacial score (nSPS) is 17.4. The monoisotopic (exact) mass is 350 g/mol. The number of carbonyl (C=O) groups excluding carboxylic acids is 2. The molecule has 1 aliphatic rings. The smallest absolute Gasteiger partial charge is 0.319 e. The van der Waals surface area contributed by atoms with E-state index in [0.29, 0.717) is 44.6 Å². The van der Waals surface area contributed by atoms with Crippen LogP contribution in [-0.4, -0.2) is 42.5 Å². The highest BCUT2D eigenvalue weighted by atomic mass is 19.1. The molecule has 2 rings (SSSR count). The maximum atomic E-state index is 12.9. The number of halogens is 1. The van der Waals surface area contributed by atoms with Gasteiger partial charge in [0.05, 0.1) is 5.41 Å². The van der Waals surface area contributed by atoms with Crippen molar-refractivity contribution in [2.24, 2.45) is 11.1 Å². The molecule has 1 heterocycles. The van der Waals surface area contributed by atoms with Crippen LogP contribution in [0.3, 0.4) is 0 Å². The zero-order valence-electron chi connectivity index (χ0n) is 14.8. The van der Waals surface area contributed by atoms with Crippen molar-refractivity contribution in [3.63, 3.8) is 0 Å². The van der Waals surface area contributed by atoms with Crippen molar-refractivity contribution < 1.29 is 14.0 Å². The molecule has 3 amide bonds. The van der Waals surface area contributed by atoms with Crippen molar-refractivity contribution in [1.82, 2.24) is 10.2 Å². The highest BCUT2D eigenvalue weighted by Gasteiger charge is 2.39. The number of likely N-dealkylation sites (tertiary alicyclic amines) is 1. The van der Waals surface area contributed by atoms with Gasteiger partial charge in [0.2, 0.25) is 5.91 Å². The summed E-state index contributed by atoms with van der Waals surface area (Å²) in [6.07, 6.45) is 2.12. The molecule has 6 nitrogen and oxygen atoms in total. The van der Waals surface area contributed by atoms with Crippen LogP contribution in [-0.2, 0) is 4.79 Å². The molecule has 138 valence electrons. The van der Waals surface area contributed by atoms with Gasteiger partial charge in [-0.2, -0.15) is 0 Å².